The van der Waals surface area contributed by atoms with Gasteiger partial charge < -0.3 is 25.0 Å². The third-order valence-electron chi connectivity index (χ3n) is 3.57. The number of halogens is 1. The first-order valence-electron chi connectivity index (χ1n) is 9.00. The van der Waals surface area contributed by atoms with Gasteiger partial charge >= 0.3 is 0 Å². The van der Waals surface area contributed by atoms with Gasteiger partial charge in [-0.2, -0.15) is 0 Å². The van der Waals surface area contributed by atoms with E-state index in [0.717, 1.165) is 16.9 Å². The highest BCUT2D eigenvalue weighted by atomic mass is 127. The van der Waals surface area contributed by atoms with E-state index in [9.17, 15) is 4.79 Å². The van der Waals surface area contributed by atoms with Crippen LogP contribution in [-0.4, -0.2) is 63.8 Å². The first-order valence-corrected chi connectivity index (χ1v) is 9.00. The molecule has 0 unspecified atom stereocenters. The molecule has 1 amide bonds. The van der Waals surface area contributed by atoms with Crippen LogP contribution in [0.1, 0.15) is 25.0 Å². The third kappa shape index (κ3) is 10.4. The van der Waals surface area contributed by atoms with Crippen LogP contribution in [0.5, 0.6) is 5.75 Å². The number of benzene rings is 1. The highest BCUT2D eigenvalue weighted by molar-refractivity contribution is 14.0. The van der Waals surface area contributed by atoms with Crippen LogP contribution < -0.4 is 15.4 Å². The first-order chi connectivity index (χ1) is 12.5. The monoisotopic (exact) mass is 492 g/mol. The Balaban J connectivity index is 0.00000676. The number of likely N-dealkylation sites (N-methyl/N-ethyl adjacent to an activating group) is 1. The zero-order valence-corrected chi connectivity index (χ0v) is 19.3. The van der Waals surface area contributed by atoms with E-state index in [-0.39, 0.29) is 36.4 Å². The van der Waals surface area contributed by atoms with Gasteiger partial charge in [0.05, 0.1) is 19.7 Å². The average Bonchev–Trinajstić information content (AvgIpc) is 2.61. The fraction of sp³-hybridized carbons (Fsp3) is 0.579. The molecule has 7 nitrogen and oxygen atoms in total. The molecule has 0 radical (unpaired) electrons. The Labute approximate surface area is 179 Å². The van der Waals surface area contributed by atoms with E-state index in [1.54, 1.807) is 19.0 Å². The number of rotatable bonds is 10. The smallest absolute Gasteiger partial charge is 0.241 e. The highest BCUT2D eigenvalue weighted by Gasteiger charge is 2.07. The molecule has 0 heterocycles. The van der Waals surface area contributed by atoms with Gasteiger partial charge in [-0.05, 0) is 32.4 Å². The molecule has 154 valence electrons. The number of guanidine groups is 1. The molecule has 0 saturated carbocycles. The maximum absolute atomic E-state index is 11.7. The van der Waals surface area contributed by atoms with Gasteiger partial charge in [0, 0.05) is 32.8 Å². The zero-order chi connectivity index (χ0) is 19.4. The number of nitrogens with one attached hydrogen (secondary N) is 2. The molecule has 0 bridgehead atoms. The Bertz CT molecular complexity index is 594. The van der Waals surface area contributed by atoms with E-state index in [4.69, 9.17) is 9.47 Å². The van der Waals surface area contributed by atoms with E-state index in [1.807, 2.05) is 39.0 Å². The topological polar surface area (TPSA) is 75.2 Å². The zero-order valence-electron chi connectivity index (χ0n) is 17.0. The van der Waals surface area contributed by atoms with Gasteiger partial charge in [-0.25, -0.2) is 4.99 Å². The van der Waals surface area contributed by atoms with Gasteiger partial charge in [-0.15, -0.1) is 24.0 Å². The van der Waals surface area contributed by atoms with Crippen LogP contribution in [0.3, 0.4) is 0 Å². The predicted molar refractivity (Wildman–Crippen MR) is 120 cm³/mol. The van der Waals surface area contributed by atoms with Gasteiger partial charge in [0.1, 0.15) is 12.4 Å². The van der Waals surface area contributed by atoms with Crippen molar-refractivity contribution in [2.24, 2.45) is 4.99 Å². The number of hydrogen-bond donors (Lipinski definition) is 2. The van der Waals surface area contributed by atoms with Crippen LogP contribution in [0.25, 0.3) is 0 Å². The lowest BCUT2D eigenvalue weighted by atomic mass is 10.1. The van der Waals surface area contributed by atoms with E-state index in [1.165, 1.54) is 0 Å². The van der Waals surface area contributed by atoms with E-state index in [2.05, 4.69) is 15.6 Å². The number of aryl methyl sites for hydroxylation is 1. The SMILES string of the molecule is CCNC(=NCc1ccc(C)cc1OCCOCC)NCC(=O)N(C)C.I. The van der Waals surface area contributed by atoms with Crippen LogP contribution in [0.2, 0.25) is 0 Å². The molecular weight excluding hydrogens is 459 g/mol. The quantitative estimate of drug-likeness (QED) is 0.227. The summed E-state index contributed by atoms with van der Waals surface area (Å²) in [6, 6.07) is 6.06. The predicted octanol–water partition coefficient (Wildman–Crippen LogP) is 2.17. The summed E-state index contributed by atoms with van der Waals surface area (Å²) >= 11 is 0. The average molecular weight is 492 g/mol. The Morgan fingerprint density at radius 2 is 1.93 bits per heavy atom. The van der Waals surface area contributed by atoms with Crippen LogP contribution >= 0.6 is 24.0 Å². The lowest BCUT2D eigenvalue weighted by Crippen LogP contribution is -2.42. The number of aliphatic imine (C=N–C) groups is 1. The molecule has 1 aromatic carbocycles. The van der Waals surface area contributed by atoms with E-state index in [0.29, 0.717) is 38.9 Å². The van der Waals surface area contributed by atoms with Crippen LogP contribution in [0.4, 0.5) is 0 Å². The second kappa shape index (κ2) is 14.5. The standard InChI is InChI=1S/C19H32N4O3.HI/c1-6-20-19(22-14-18(24)23(4)5)21-13-16-9-8-15(3)12-17(16)26-11-10-25-7-2;/h8-9,12H,6-7,10-11,13-14H2,1-5H3,(H2,20,21,22);1H. The summed E-state index contributed by atoms with van der Waals surface area (Å²) in [5.41, 5.74) is 2.12. The maximum Gasteiger partial charge on any atom is 0.241 e. The minimum Gasteiger partial charge on any atom is -0.491 e. The maximum atomic E-state index is 11.7. The van der Waals surface area contributed by atoms with Crippen LogP contribution in [0, 0.1) is 6.92 Å². The minimum atomic E-state index is -0.00844. The molecule has 27 heavy (non-hydrogen) atoms. The molecule has 1 rings (SSSR count). The van der Waals surface area contributed by atoms with Gasteiger partial charge in [0.2, 0.25) is 5.91 Å². The van der Waals surface area contributed by atoms with Gasteiger partial charge in [0.25, 0.3) is 0 Å². The van der Waals surface area contributed by atoms with Crippen molar-refractivity contribution < 1.29 is 14.3 Å². The van der Waals surface area contributed by atoms with Crippen molar-refractivity contribution in [3.63, 3.8) is 0 Å². The van der Waals surface area contributed by atoms with Crippen molar-refractivity contribution in [3.8, 4) is 5.75 Å². The number of amides is 1. The lowest BCUT2D eigenvalue weighted by molar-refractivity contribution is -0.127. The van der Waals surface area contributed by atoms with Crippen LogP contribution in [-0.2, 0) is 16.1 Å². The normalized spacial score (nSPS) is 10.8. The molecule has 0 fully saturated rings. The molecule has 0 aliphatic carbocycles. The molecule has 0 atom stereocenters. The molecule has 1 aromatic rings. The summed E-state index contributed by atoms with van der Waals surface area (Å²) in [6.07, 6.45) is 0. The summed E-state index contributed by atoms with van der Waals surface area (Å²) < 4.78 is 11.2. The Kier molecular flexibility index (Phi) is 13.7. The van der Waals surface area contributed by atoms with Gasteiger partial charge in [-0.1, -0.05) is 12.1 Å². The van der Waals surface area contributed by atoms with Crippen molar-refractivity contribution in [3.05, 3.63) is 29.3 Å². The third-order valence-corrected chi connectivity index (χ3v) is 3.57. The first kappa shape index (κ1) is 25.4. The van der Waals surface area contributed by atoms with Crippen molar-refractivity contribution in [1.82, 2.24) is 15.5 Å². The molecule has 0 aromatic heterocycles. The van der Waals surface area contributed by atoms with E-state index >= 15 is 0 Å². The van der Waals surface area contributed by atoms with Crippen LogP contribution in [0.15, 0.2) is 23.2 Å². The largest absolute Gasteiger partial charge is 0.491 e. The van der Waals surface area contributed by atoms with Crippen molar-refractivity contribution in [2.75, 3.05) is 47.0 Å². The molecule has 8 heteroatoms. The van der Waals surface area contributed by atoms with Gasteiger partial charge in [-0.3, -0.25) is 4.79 Å². The fourth-order valence-electron chi connectivity index (χ4n) is 2.11. The Hall–Kier alpha value is -1.55. The van der Waals surface area contributed by atoms with Crippen molar-refractivity contribution in [2.45, 2.75) is 27.3 Å². The highest BCUT2D eigenvalue weighted by Crippen LogP contribution is 2.21. The number of nitrogens with zero attached hydrogens (tertiary/aromatic N) is 2. The van der Waals surface area contributed by atoms with E-state index < -0.39 is 0 Å². The number of carbonyl (C=O) groups excluding carboxylic acids is 1. The molecule has 0 aliphatic rings. The molecular formula is C19H33IN4O3. The molecule has 0 aliphatic heterocycles. The second-order valence-electron chi connectivity index (χ2n) is 5.99. The summed E-state index contributed by atoms with van der Waals surface area (Å²) in [5.74, 6) is 1.41. The van der Waals surface area contributed by atoms with Crippen molar-refractivity contribution in [1.29, 1.82) is 0 Å². The Morgan fingerprint density at radius 3 is 2.56 bits per heavy atom. The summed E-state index contributed by atoms with van der Waals surface area (Å²) in [4.78, 5) is 17.8. The number of hydrogen-bond acceptors (Lipinski definition) is 4. The fourth-order valence-corrected chi connectivity index (χ4v) is 2.11. The molecule has 2 N–H and O–H groups in total. The molecule has 0 saturated heterocycles. The summed E-state index contributed by atoms with van der Waals surface area (Å²) in [6.45, 7) is 9.09. The number of carbonyl (C=O) groups is 1. The summed E-state index contributed by atoms with van der Waals surface area (Å²) in [7, 11) is 3.46. The van der Waals surface area contributed by atoms with Gasteiger partial charge in [0.15, 0.2) is 5.96 Å². The second-order valence-corrected chi connectivity index (χ2v) is 5.99. The molecule has 0 spiro atoms. The van der Waals surface area contributed by atoms with Crippen molar-refractivity contribution >= 4 is 35.8 Å². The lowest BCUT2D eigenvalue weighted by Gasteiger charge is -2.15. The summed E-state index contributed by atoms with van der Waals surface area (Å²) in [5, 5.41) is 6.19. The Morgan fingerprint density at radius 1 is 1.19 bits per heavy atom. The number of ether oxygens (including phenoxy) is 2. The minimum absolute atomic E-state index is 0.